The molecule has 1 saturated heterocycles. The van der Waals surface area contributed by atoms with Gasteiger partial charge in [-0.25, -0.2) is 0 Å². The minimum atomic E-state index is -1.29. The van der Waals surface area contributed by atoms with Gasteiger partial charge in [0.25, 0.3) is 5.91 Å². The lowest BCUT2D eigenvalue weighted by atomic mass is 10.1. The van der Waals surface area contributed by atoms with E-state index in [9.17, 15) is 9.90 Å². The smallest absolute Gasteiger partial charge is 0.257 e. The van der Waals surface area contributed by atoms with Gasteiger partial charge in [0.05, 0.1) is 32.4 Å². The first kappa shape index (κ1) is 18.2. The summed E-state index contributed by atoms with van der Waals surface area (Å²) in [5, 5.41) is 10.9. The van der Waals surface area contributed by atoms with Crippen LogP contribution in [0.1, 0.15) is 10.4 Å². The number of amides is 1. The molecule has 0 aromatic heterocycles. The number of hydrogen-bond donors (Lipinski definition) is 1. The van der Waals surface area contributed by atoms with Gasteiger partial charge < -0.3 is 24.2 Å². The number of methoxy groups -OCH3 is 1. The quantitative estimate of drug-likeness (QED) is 0.886. The number of carbonyl (C=O) groups is 1. The Morgan fingerprint density at radius 1 is 1.19 bits per heavy atom. The zero-order valence-electron chi connectivity index (χ0n) is 14.8. The van der Waals surface area contributed by atoms with Gasteiger partial charge in [0.15, 0.2) is 0 Å². The zero-order valence-corrected chi connectivity index (χ0v) is 14.8. The molecule has 0 spiro atoms. The van der Waals surface area contributed by atoms with Crippen LogP contribution < -0.4 is 9.47 Å². The summed E-state index contributed by atoms with van der Waals surface area (Å²) in [6, 6.07) is 16.3. The number of aliphatic hydroxyl groups is 1. The van der Waals surface area contributed by atoms with Crippen molar-refractivity contribution in [3.8, 4) is 11.5 Å². The topological polar surface area (TPSA) is 68.2 Å². The Labute approximate surface area is 152 Å². The number of para-hydroxylation sites is 2. The highest BCUT2D eigenvalue weighted by atomic mass is 16.5. The average Bonchev–Trinajstić information content (AvgIpc) is 2.89. The second-order valence-electron chi connectivity index (χ2n) is 6.31. The molecule has 0 aliphatic carbocycles. The first-order valence-corrected chi connectivity index (χ1v) is 8.52. The van der Waals surface area contributed by atoms with E-state index in [1.165, 1.54) is 7.11 Å². The largest absolute Gasteiger partial charge is 0.496 e. The van der Waals surface area contributed by atoms with Crippen molar-refractivity contribution in [2.75, 3.05) is 40.0 Å². The van der Waals surface area contributed by atoms with Crippen molar-refractivity contribution in [3.05, 3.63) is 60.2 Å². The highest BCUT2D eigenvalue weighted by Crippen LogP contribution is 2.22. The van der Waals surface area contributed by atoms with Crippen molar-refractivity contribution >= 4 is 5.91 Å². The predicted octanol–water partition coefficient (Wildman–Crippen LogP) is 1.98. The highest BCUT2D eigenvalue weighted by Gasteiger charge is 2.36. The van der Waals surface area contributed by atoms with Crippen LogP contribution >= 0.6 is 0 Å². The van der Waals surface area contributed by atoms with Crippen LogP contribution in [0.2, 0.25) is 0 Å². The van der Waals surface area contributed by atoms with Crippen LogP contribution in [-0.4, -0.2) is 61.5 Å². The molecule has 3 rings (SSSR count). The monoisotopic (exact) mass is 357 g/mol. The lowest BCUT2D eigenvalue weighted by Gasteiger charge is -2.30. The maximum Gasteiger partial charge on any atom is 0.257 e. The van der Waals surface area contributed by atoms with Gasteiger partial charge >= 0.3 is 0 Å². The summed E-state index contributed by atoms with van der Waals surface area (Å²) in [6.45, 7) is 1.01. The van der Waals surface area contributed by atoms with Crippen molar-refractivity contribution in [2.45, 2.75) is 5.60 Å². The summed E-state index contributed by atoms with van der Waals surface area (Å²) >= 11 is 0. The number of rotatable bonds is 5. The number of hydrogen-bond acceptors (Lipinski definition) is 5. The van der Waals surface area contributed by atoms with Gasteiger partial charge in [-0.05, 0) is 24.3 Å². The molecular formula is C20H23NO5. The molecule has 6 heteroatoms. The van der Waals surface area contributed by atoms with E-state index in [-0.39, 0.29) is 25.7 Å². The van der Waals surface area contributed by atoms with Crippen LogP contribution in [-0.2, 0) is 4.74 Å². The molecule has 0 unspecified atom stereocenters. The van der Waals surface area contributed by atoms with E-state index in [1.54, 1.807) is 23.1 Å². The zero-order chi connectivity index (χ0) is 18.4. The van der Waals surface area contributed by atoms with Crippen LogP contribution in [0.4, 0.5) is 0 Å². The van der Waals surface area contributed by atoms with E-state index in [0.717, 1.165) is 0 Å². The molecule has 26 heavy (non-hydrogen) atoms. The van der Waals surface area contributed by atoms with E-state index in [2.05, 4.69) is 0 Å². The molecule has 1 N–H and O–H groups in total. The Morgan fingerprint density at radius 2 is 1.92 bits per heavy atom. The molecule has 2 aromatic rings. The molecule has 138 valence electrons. The lowest BCUT2D eigenvalue weighted by Crippen LogP contribution is -2.50. The molecule has 2 aromatic carbocycles. The van der Waals surface area contributed by atoms with Crippen LogP contribution in [0.15, 0.2) is 54.6 Å². The molecule has 1 fully saturated rings. The molecule has 0 bridgehead atoms. The Hall–Kier alpha value is -2.57. The summed E-state index contributed by atoms with van der Waals surface area (Å²) in [4.78, 5) is 14.5. The van der Waals surface area contributed by atoms with Gasteiger partial charge in [-0.2, -0.15) is 0 Å². The van der Waals surface area contributed by atoms with Gasteiger partial charge in [0, 0.05) is 6.54 Å². The fraction of sp³-hybridized carbons (Fsp3) is 0.350. The number of ether oxygens (including phenoxy) is 3. The SMILES string of the molecule is COc1ccccc1C(=O)N1CCOC[C@@](O)(COc2ccccc2)C1. The van der Waals surface area contributed by atoms with Gasteiger partial charge in [-0.3, -0.25) is 4.79 Å². The highest BCUT2D eigenvalue weighted by molar-refractivity contribution is 5.97. The Kier molecular flexibility index (Phi) is 5.75. The molecule has 1 amide bonds. The van der Waals surface area contributed by atoms with Crippen molar-refractivity contribution in [2.24, 2.45) is 0 Å². The van der Waals surface area contributed by atoms with Crippen molar-refractivity contribution in [1.82, 2.24) is 4.90 Å². The van der Waals surface area contributed by atoms with E-state index >= 15 is 0 Å². The summed E-state index contributed by atoms with van der Waals surface area (Å²) in [6.07, 6.45) is 0. The Bertz CT molecular complexity index is 736. The number of benzene rings is 2. The normalized spacial score (nSPS) is 20.3. The van der Waals surface area contributed by atoms with Gasteiger partial charge in [-0.15, -0.1) is 0 Å². The minimum absolute atomic E-state index is 0.0344. The molecule has 1 atom stereocenters. The fourth-order valence-electron chi connectivity index (χ4n) is 2.90. The summed E-state index contributed by atoms with van der Waals surface area (Å²) in [7, 11) is 1.53. The van der Waals surface area contributed by atoms with E-state index in [4.69, 9.17) is 14.2 Å². The third kappa shape index (κ3) is 4.33. The second-order valence-corrected chi connectivity index (χ2v) is 6.31. The van der Waals surface area contributed by atoms with Gasteiger partial charge in [0.2, 0.25) is 0 Å². The van der Waals surface area contributed by atoms with Crippen LogP contribution in [0.3, 0.4) is 0 Å². The van der Waals surface area contributed by atoms with Gasteiger partial charge in [-0.1, -0.05) is 30.3 Å². The lowest BCUT2D eigenvalue weighted by molar-refractivity contribution is -0.0621. The van der Waals surface area contributed by atoms with Crippen molar-refractivity contribution in [1.29, 1.82) is 0 Å². The van der Waals surface area contributed by atoms with E-state index < -0.39 is 5.60 Å². The van der Waals surface area contributed by atoms with Crippen LogP contribution in [0.25, 0.3) is 0 Å². The van der Waals surface area contributed by atoms with Crippen LogP contribution in [0, 0.1) is 0 Å². The number of β-amino-alcohol motifs (C(OH)–C–C–N with tert-alkyl or cyclic N) is 1. The van der Waals surface area contributed by atoms with E-state index in [1.807, 2.05) is 36.4 Å². The molecule has 6 nitrogen and oxygen atoms in total. The molecule has 1 aliphatic rings. The van der Waals surface area contributed by atoms with Crippen molar-refractivity contribution < 1.29 is 24.1 Å². The molecule has 1 heterocycles. The maximum atomic E-state index is 12.9. The first-order chi connectivity index (χ1) is 12.6. The first-order valence-electron chi connectivity index (χ1n) is 8.52. The fourth-order valence-corrected chi connectivity index (χ4v) is 2.90. The molecule has 0 saturated carbocycles. The van der Waals surface area contributed by atoms with Crippen LogP contribution in [0.5, 0.6) is 11.5 Å². The molecular weight excluding hydrogens is 334 g/mol. The third-order valence-electron chi connectivity index (χ3n) is 4.24. The predicted molar refractivity (Wildman–Crippen MR) is 96.6 cm³/mol. The van der Waals surface area contributed by atoms with Gasteiger partial charge in [0.1, 0.15) is 23.7 Å². The van der Waals surface area contributed by atoms with E-state index in [0.29, 0.717) is 30.2 Å². The summed E-state index contributed by atoms with van der Waals surface area (Å²) in [5.41, 5.74) is -0.826. The number of nitrogens with zero attached hydrogens (tertiary/aromatic N) is 1. The molecule has 0 radical (unpaired) electrons. The van der Waals surface area contributed by atoms with Crippen molar-refractivity contribution in [3.63, 3.8) is 0 Å². The second kappa shape index (κ2) is 8.21. The minimum Gasteiger partial charge on any atom is -0.496 e. The molecule has 1 aliphatic heterocycles. The summed E-state index contributed by atoms with van der Waals surface area (Å²) in [5.74, 6) is 0.964. The Balaban J connectivity index is 1.73. The Morgan fingerprint density at radius 3 is 2.69 bits per heavy atom. The average molecular weight is 357 g/mol. The maximum absolute atomic E-state index is 12.9. The third-order valence-corrected chi connectivity index (χ3v) is 4.24. The summed E-state index contributed by atoms with van der Waals surface area (Å²) < 4.78 is 16.5. The standard InChI is InChI=1S/C20H23NO5/c1-24-18-10-6-5-9-17(18)19(22)21-11-12-25-14-20(23,13-21)15-26-16-7-3-2-4-8-16/h2-10,23H,11-15H2,1H3/t20-/m1/s1. The number of carbonyl (C=O) groups excluding carboxylic acids is 1.